The SMILES string of the molecule is O=C(COc1ccc2ccccc2c1)NCc1n[nH]c(=S)n1-c1ccc(Cl)cc1. The third-order valence-corrected chi connectivity index (χ3v) is 4.89. The van der Waals surface area contributed by atoms with Crippen LogP contribution in [0, 0.1) is 4.77 Å². The van der Waals surface area contributed by atoms with Crippen molar-refractivity contribution in [3.63, 3.8) is 0 Å². The van der Waals surface area contributed by atoms with Gasteiger partial charge in [-0.3, -0.25) is 14.5 Å². The Kier molecular flexibility index (Phi) is 5.59. The first kappa shape index (κ1) is 19.2. The van der Waals surface area contributed by atoms with Gasteiger partial charge in [0.2, 0.25) is 0 Å². The molecule has 0 atom stereocenters. The van der Waals surface area contributed by atoms with E-state index in [0.717, 1.165) is 16.5 Å². The van der Waals surface area contributed by atoms with E-state index in [1.807, 2.05) is 54.6 Å². The normalized spacial score (nSPS) is 10.8. The van der Waals surface area contributed by atoms with Crippen LogP contribution in [0.15, 0.2) is 66.7 Å². The molecule has 1 heterocycles. The number of carbonyl (C=O) groups is 1. The van der Waals surface area contributed by atoms with Crippen LogP contribution < -0.4 is 10.1 Å². The van der Waals surface area contributed by atoms with Crippen molar-refractivity contribution in [1.82, 2.24) is 20.1 Å². The van der Waals surface area contributed by atoms with Gasteiger partial charge in [-0.25, -0.2) is 0 Å². The first-order chi connectivity index (χ1) is 14.1. The summed E-state index contributed by atoms with van der Waals surface area (Å²) in [5.74, 6) is 0.966. The van der Waals surface area contributed by atoms with Crippen molar-refractivity contribution in [1.29, 1.82) is 0 Å². The molecule has 1 amide bonds. The molecule has 8 heteroatoms. The average molecular weight is 425 g/mol. The number of carbonyl (C=O) groups excluding carboxylic acids is 1. The monoisotopic (exact) mass is 424 g/mol. The number of benzene rings is 3. The highest BCUT2D eigenvalue weighted by molar-refractivity contribution is 7.71. The molecule has 0 spiro atoms. The second-order valence-electron chi connectivity index (χ2n) is 6.33. The molecule has 0 saturated carbocycles. The van der Waals surface area contributed by atoms with Crippen LogP contribution in [0.2, 0.25) is 5.02 Å². The fourth-order valence-electron chi connectivity index (χ4n) is 2.94. The van der Waals surface area contributed by atoms with E-state index in [4.69, 9.17) is 28.6 Å². The van der Waals surface area contributed by atoms with Gasteiger partial charge in [0.1, 0.15) is 5.75 Å². The molecule has 146 valence electrons. The molecule has 2 N–H and O–H groups in total. The lowest BCUT2D eigenvalue weighted by atomic mass is 10.1. The maximum atomic E-state index is 12.2. The molecular weight excluding hydrogens is 408 g/mol. The zero-order valence-electron chi connectivity index (χ0n) is 15.3. The van der Waals surface area contributed by atoms with Gasteiger partial charge in [0.05, 0.1) is 6.54 Å². The Balaban J connectivity index is 1.38. The molecule has 0 unspecified atom stereocenters. The standard InChI is InChI=1S/C21H17ClN4O2S/c22-16-6-8-17(9-7-16)26-19(24-25-21(26)29)12-23-20(27)13-28-18-10-5-14-3-1-2-4-15(14)11-18/h1-11H,12-13H2,(H,23,27)(H,25,29). The third-order valence-electron chi connectivity index (χ3n) is 4.36. The van der Waals surface area contributed by atoms with Crippen LogP contribution in [-0.4, -0.2) is 27.3 Å². The molecule has 0 radical (unpaired) electrons. The number of hydrogen-bond donors (Lipinski definition) is 2. The maximum absolute atomic E-state index is 12.2. The lowest BCUT2D eigenvalue weighted by Gasteiger charge is -2.10. The second-order valence-corrected chi connectivity index (χ2v) is 7.15. The fourth-order valence-corrected chi connectivity index (χ4v) is 3.32. The van der Waals surface area contributed by atoms with Gasteiger partial charge in [-0.15, -0.1) is 0 Å². The topological polar surface area (TPSA) is 71.9 Å². The zero-order valence-corrected chi connectivity index (χ0v) is 16.8. The number of hydrogen-bond acceptors (Lipinski definition) is 4. The first-order valence-electron chi connectivity index (χ1n) is 8.91. The Bertz CT molecular complexity index is 1220. The molecular formula is C21H17ClN4O2S. The summed E-state index contributed by atoms with van der Waals surface area (Å²) in [6, 6.07) is 20.9. The number of amides is 1. The summed E-state index contributed by atoms with van der Waals surface area (Å²) in [5, 5.41) is 12.6. The molecule has 0 saturated heterocycles. The largest absolute Gasteiger partial charge is 0.484 e. The van der Waals surface area contributed by atoms with Gasteiger partial charge in [-0.05, 0) is 59.4 Å². The smallest absolute Gasteiger partial charge is 0.258 e. The molecule has 0 aliphatic heterocycles. The van der Waals surface area contributed by atoms with Crippen molar-refractivity contribution in [3.8, 4) is 11.4 Å². The number of nitrogens with zero attached hydrogens (tertiary/aromatic N) is 2. The van der Waals surface area contributed by atoms with Crippen molar-refractivity contribution >= 4 is 40.5 Å². The van der Waals surface area contributed by atoms with E-state index >= 15 is 0 Å². The predicted molar refractivity (Wildman–Crippen MR) is 115 cm³/mol. The maximum Gasteiger partial charge on any atom is 0.258 e. The quantitative estimate of drug-likeness (QED) is 0.449. The van der Waals surface area contributed by atoms with E-state index in [-0.39, 0.29) is 19.1 Å². The Morgan fingerprint density at radius 2 is 1.86 bits per heavy atom. The molecule has 6 nitrogen and oxygen atoms in total. The Morgan fingerprint density at radius 1 is 1.10 bits per heavy atom. The minimum absolute atomic E-state index is 0.0928. The average Bonchev–Trinajstić information content (AvgIpc) is 3.11. The fraction of sp³-hybridized carbons (Fsp3) is 0.0952. The van der Waals surface area contributed by atoms with E-state index in [0.29, 0.717) is 21.4 Å². The third kappa shape index (κ3) is 4.47. The highest BCUT2D eigenvalue weighted by Crippen LogP contribution is 2.20. The number of fused-ring (bicyclic) bond motifs is 1. The Morgan fingerprint density at radius 3 is 2.66 bits per heavy atom. The number of rotatable bonds is 6. The van der Waals surface area contributed by atoms with Gasteiger partial charge in [-0.1, -0.05) is 41.9 Å². The number of ether oxygens (including phenoxy) is 1. The van der Waals surface area contributed by atoms with Crippen molar-refractivity contribution in [2.24, 2.45) is 0 Å². The van der Waals surface area contributed by atoms with Crippen molar-refractivity contribution in [2.75, 3.05) is 6.61 Å². The van der Waals surface area contributed by atoms with Gasteiger partial charge in [0.15, 0.2) is 17.2 Å². The summed E-state index contributed by atoms with van der Waals surface area (Å²) in [6.07, 6.45) is 0. The predicted octanol–water partition coefficient (Wildman–Crippen LogP) is 4.43. The number of aromatic amines is 1. The van der Waals surface area contributed by atoms with Crippen molar-refractivity contribution < 1.29 is 9.53 Å². The van der Waals surface area contributed by atoms with Crippen LogP contribution in [0.25, 0.3) is 16.5 Å². The second kappa shape index (κ2) is 8.46. The molecule has 0 bridgehead atoms. The lowest BCUT2D eigenvalue weighted by molar-refractivity contribution is -0.123. The van der Waals surface area contributed by atoms with Crippen LogP contribution in [0.1, 0.15) is 5.82 Å². The minimum Gasteiger partial charge on any atom is -0.484 e. The molecule has 4 aromatic rings. The molecule has 1 aromatic heterocycles. The lowest BCUT2D eigenvalue weighted by Crippen LogP contribution is -2.29. The minimum atomic E-state index is -0.255. The number of aromatic nitrogens is 3. The van der Waals surface area contributed by atoms with E-state index < -0.39 is 0 Å². The van der Waals surface area contributed by atoms with Crippen LogP contribution in [0.4, 0.5) is 0 Å². The van der Waals surface area contributed by atoms with E-state index in [2.05, 4.69) is 15.5 Å². The van der Waals surface area contributed by atoms with E-state index in [1.165, 1.54) is 0 Å². The summed E-state index contributed by atoms with van der Waals surface area (Å²) in [6.45, 7) is 0.111. The molecule has 0 aliphatic rings. The Labute approximate surface area is 177 Å². The molecule has 0 fully saturated rings. The van der Waals surface area contributed by atoms with Crippen molar-refractivity contribution in [2.45, 2.75) is 6.54 Å². The molecule has 29 heavy (non-hydrogen) atoms. The van der Waals surface area contributed by atoms with Gasteiger partial charge >= 0.3 is 0 Å². The van der Waals surface area contributed by atoms with Gasteiger partial charge in [0, 0.05) is 10.7 Å². The highest BCUT2D eigenvalue weighted by Gasteiger charge is 2.10. The number of nitrogens with one attached hydrogen (secondary N) is 2. The van der Waals surface area contributed by atoms with Crippen LogP contribution >= 0.6 is 23.8 Å². The molecule has 3 aromatic carbocycles. The summed E-state index contributed by atoms with van der Waals surface area (Å²) < 4.78 is 7.80. The molecule has 0 aliphatic carbocycles. The van der Waals surface area contributed by atoms with Gasteiger partial charge < -0.3 is 10.1 Å². The molecule has 4 rings (SSSR count). The van der Waals surface area contributed by atoms with Crippen LogP contribution in [0.5, 0.6) is 5.75 Å². The summed E-state index contributed by atoms with van der Waals surface area (Å²) >= 11 is 11.2. The Hall–Kier alpha value is -3.16. The van der Waals surface area contributed by atoms with Crippen LogP contribution in [-0.2, 0) is 11.3 Å². The summed E-state index contributed by atoms with van der Waals surface area (Å²) in [4.78, 5) is 12.2. The number of halogens is 1. The highest BCUT2D eigenvalue weighted by atomic mass is 35.5. The van der Waals surface area contributed by atoms with Gasteiger partial charge in [-0.2, -0.15) is 5.10 Å². The van der Waals surface area contributed by atoms with Crippen LogP contribution in [0.3, 0.4) is 0 Å². The zero-order chi connectivity index (χ0) is 20.2. The van der Waals surface area contributed by atoms with Crippen molar-refractivity contribution in [3.05, 3.63) is 82.3 Å². The summed E-state index contributed by atoms with van der Waals surface area (Å²) in [7, 11) is 0. The first-order valence-corrected chi connectivity index (χ1v) is 9.69. The summed E-state index contributed by atoms with van der Waals surface area (Å²) in [5.41, 5.74) is 0.810. The van der Waals surface area contributed by atoms with Gasteiger partial charge in [0.25, 0.3) is 5.91 Å². The van der Waals surface area contributed by atoms with E-state index in [1.54, 1.807) is 16.7 Å². The van der Waals surface area contributed by atoms with E-state index in [9.17, 15) is 4.79 Å². The number of H-pyrrole nitrogens is 1.